The zero-order valence-corrected chi connectivity index (χ0v) is 19.2. The Morgan fingerprint density at radius 2 is 1.68 bits per heavy atom. The Morgan fingerprint density at radius 1 is 1.03 bits per heavy atom. The van der Waals surface area contributed by atoms with Crippen molar-refractivity contribution in [3.63, 3.8) is 0 Å². The van der Waals surface area contributed by atoms with Crippen LogP contribution >= 0.6 is 11.3 Å². The number of carbonyl (C=O) groups excluding carboxylic acids is 1. The van der Waals surface area contributed by atoms with E-state index >= 15 is 0 Å². The smallest absolute Gasteiger partial charge is 0.273 e. The number of nitriles is 1. The predicted octanol–water partition coefficient (Wildman–Crippen LogP) is 3.44. The number of para-hydroxylation sites is 3. The maximum atomic E-state index is 13.5. The van der Waals surface area contributed by atoms with Crippen LogP contribution in [0.5, 0.6) is 5.75 Å². The monoisotopic (exact) mass is 467 g/mol. The number of carbonyl (C=O) groups is 1. The molecule has 0 aliphatic heterocycles. The molecule has 1 heterocycles. The molecular weight excluding hydrogens is 446 g/mol. The first-order chi connectivity index (χ1) is 16.6. The molecule has 168 valence electrons. The predicted molar refractivity (Wildman–Crippen MR) is 134 cm³/mol. The molecule has 34 heavy (non-hydrogen) atoms. The van der Waals surface area contributed by atoms with Gasteiger partial charge in [-0.25, -0.2) is 0 Å². The lowest BCUT2D eigenvalue weighted by Gasteiger charge is -2.05. The molecule has 0 saturated carbocycles. The number of benzene rings is 3. The first-order valence-corrected chi connectivity index (χ1v) is 11.5. The van der Waals surface area contributed by atoms with Gasteiger partial charge < -0.3 is 10.1 Å². The molecule has 0 aliphatic carbocycles. The molecule has 0 aliphatic rings. The minimum atomic E-state index is -0.583. The number of thiazole rings is 1. The zero-order chi connectivity index (χ0) is 23.9. The summed E-state index contributed by atoms with van der Waals surface area (Å²) in [5.74, 6) is 0.0674. The Morgan fingerprint density at radius 3 is 2.35 bits per heavy atom. The summed E-state index contributed by atoms with van der Waals surface area (Å²) in [4.78, 5) is 26.5. The van der Waals surface area contributed by atoms with Crippen molar-refractivity contribution in [2.24, 2.45) is 0 Å². The fraction of sp³-hybridized carbons (Fsp3) is 0.0741. The number of amides is 1. The average molecular weight is 468 g/mol. The minimum Gasteiger partial charge on any atom is -0.493 e. The minimum absolute atomic E-state index is 0.146. The molecule has 0 unspecified atom stereocenters. The molecule has 0 fully saturated rings. The summed E-state index contributed by atoms with van der Waals surface area (Å²) in [6.07, 6.45) is 1.73. The summed E-state index contributed by atoms with van der Waals surface area (Å²) in [7, 11) is 0. The average Bonchev–Trinajstić information content (AvgIpc) is 3.17. The lowest BCUT2D eigenvalue weighted by Crippen LogP contribution is -2.32. The molecule has 7 heteroatoms. The number of ether oxygens (including phenoxy) is 1. The van der Waals surface area contributed by atoms with Gasteiger partial charge in [-0.2, -0.15) is 5.26 Å². The van der Waals surface area contributed by atoms with Crippen LogP contribution in [0.4, 0.5) is 5.69 Å². The summed E-state index contributed by atoms with van der Waals surface area (Å²) < 4.78 is 7.73. The maximum absolute atomic E-state index is 13.5. The largest absolute Gasteiger partial charge is 0.493 e. The second-order valence-corrected chi connectivity index (χ2v) is 8.20. The molecule has 1 aromatic heterocycles. The van der Waals surface area contributed by atoms with E-state index in [4.69, 9.17) is 4.74 Å². The van der Waals surface area contributed by atoms with E-state index in [0.717, 1.165) is 16.9 Å². The van der Waals surface area contributed by atoms with Gasteiger partial charge in [-0.3, -0.25) is 14.2 Å². The van der Waals surface area contributed by atoms with Gasteiger partial charge in [0, 0.05) is 11.3 Å². The van der Waals surface area contributed by atoms with Gasteiger partial charge in [0.2, 0.25) is 0 Å². The van der Waals surface area contributed by atoms with E-state index in [1.165, 1.54) is 4.57 Å². The zero-order valence-electron chi connectivity index (χ0n) is 18.4. The van der Waals surface area contributed by atoms with Gasteiger partial charge in [0.05, 0.1) is 16.8 Å². The van der Waals surface area contributed by atoms with Gasteiger partial charge in [0.25, 0.3) is 11.5 Å². The van der Waals surface area contributed by atoms with Gasteiger partial charge in [0.1, 0.15) is 16.5 Å². The summed E-state index contributed by atoms with van der Waals surface area (Å²) in [5, 5.41) is 12.7. The van der Waals surface area contributed by atoms with Crippen LogP contribution in [0, 0.1) is 11.3 Å². The van der Waals surface area contributed by atoms with Gasteiger partial charge in [0.15, 0.2) is 5.57 Å². The second kappa shape index (κ2) is 10.5. The second-order valence-electron chi connectivity index (χ2n) is 7.17. The molecule has 3 aromatic carbocycles. The topological polar surface area (TPSA) is 84.1 Å². The Kier molecular flexibility index (Phi) is 7.01. The SMILES string of the molecule is CCOc1ccccc1/C=c1/s/c(=C(\C#N)C(=O)Nc2ccccc2)n(-c2ccccc2)c1=O. The molecule has 6 nitrogen and oxygen atoms in total. The van der Waals surface area contributed by atoms with E-state index in [9.17, 15) is 14.9 Å². The molecule has 4 rings (SSSR count). The van der Waals surface area contributed by atoms with E-state index in [1.807, 2.05) is 49.4 Å². The molecule has 4 aromatic rings. The highest BCUT2D eigenvalue weighted by molar-refractivity contribution is 7.07. The van der Waals surface area contributed by atoms with Crippen LogP contribution in [0.25, 0.3) is 17.3 Å². The van der Waals surface area contributed by atoms with E-state index < -0.39 is 5.91 Å². The van der Waals surface area contributed by atoms with Gasteiger partial charge in [-0.1, -0.05) is 54.6 Å². The van der Waals surface area contributed by atoms with Crippen molar-refractivity contribution in [1.29, 1.82) is 5.26 Å². The third kappa shape index (κ3) is 4.82. The molecule has 0 bridgehead atoms. The summed E-state index contributed by atoms with van der Waals surface area (Å²) >= 11 is 1.09. The van der Waals surface area contributed by atoms with Crippen molar-refractivity contribution in [2.75, 3.05) is 11.9 Å². The Labute approximate surface area is 200 Å². The van der Waals surface area contributed by atoms with E-state index in [2.05, 4.69) is 5.32 Å². The van der Waals surface area contributed by atoms with Gasteiger partial charge in [-0.15, -0.1) is 11.3 Å². The number of hydrogen-bond donors (Lipinski definition) is 1. The summed E-state index contributed by atoms with van der Waals surface area (Å²) in [6.45, 7) is 2.38. The number of aromatic nitrogens is 1. The van der Waals surface area contributed by atoms with E-state index in [1.54, 1.807) is 54.6 Å². The van der Waals surface area contributed by atoms with Gasteiger partial charge in [-0.05, 0) is 43.3 Å². The fourth-order valence-electron chi connectivity index (χ4n) is 3.40. The van der Waals surface area contributed by atoms with Crippen molar-refractivity contribution < 1.29 is 9.53 Å². The third-order valence-electron chi connectivity index (χ3n) is 4.93. The number of hydrogen-bond acceptors (Lipinski definition) is 5. The number of anilines is 1. The third-order valence-corrected chi connectivity index (χ3v) is 6.02. The molecule has 0 spiro atoms. The first kappa shape index (κ1) is 22.8. The molecule has 0 radical (unpaired) electrons. The normalized spacial score (nSPS) is 12.1. The molecule has 0 atom stereocenters. The van der Waals surface area contributed by atoms with E-state index in [0.29, 0.717) is 28.3 Å². The quantitative estimate of drug-likeness (QED) is 0.471. The van der Waals surface area contributed by atoms with Crippen LogP contribution in [-0.2, 0) is 4.79 Å². The fourth-order valence-corrected chi connectivity index (χ4v) is 4.49. The van der Waals surface area contributed by atoms with Crippen molar-refractivity contribution >= 4 is 34.6 Å². The van der Waals surface area contributed by atoms with Crippen LogP contribution in [0.3, 0.4) is 0 Å². The van der Waals surface area contributed by atoms with Crippen molar-refractivity contribution in [2.45, 2.75) is 6.92 Å². The lowest BCUT2D eigenvalue weighted by molar-refractivity contribution is -0.111. The summed E-state index contributed by atoms with van der Waals surface area (Å²) in [6, 6.07) is 27.2. The van der Waals surface area contributed by atoms with E-state index in [-0.39, 0.29) is 15.8 Å². The first-order valence-electron chi connectivity index (χ1n) is 10.6. The molecular formula is C27H21N3O3S. The molecule has 0 saturated heterocycles. The van der Waals surface area contributed by atoms with Crippen LogP contribution in [0.1, 0.15) is 12.5 Å². The highest BCUT2D eigenvalue weighted by atomic mass is 32.1. The standard InChI is InChI=1S/C27H21N3O3S/c1-2-33-23-16-10-9-11-19(23)17-24-26(32)30(21-14-7-4-8-15-21)27(34-24)22(18-28)25(31)29-20-12-5-3-6-13-20/h3-17H,2H2,1H3,(H,29,31)/b24-17+,27-22+. The molecule has 1 amide bonds. The number of nitrogens with one attached hydrogen (secondary N) is 1. The van der Waals surface area contributed by atoms with Crippen LogP contribution in [0.15, 0.2) is 89.7 Å². The highest BCUT2D eigenvalue weighted by Gasteiger charge is 2.17. The number of nitrogens with zero attached hydrogens (tertiary/aromatic N) is 2. The van der Waals surface area contributed by atoms with Crippen molar-refractivity contribution in [3.8, 4) is 17.5 Å². The van der Waals surface area contributed by atoms with Crippen molar-refractivity contribution in [1.82, 2.24) is 4.57 Å². The van der Waals surface area contributed by atoms with Crippen LogP contribution < -0.4 is 24.8 Å². The lowest BCUT2D eigenvalue weighted by atomic mass is 10.2. The molecule has 1 N–H and O–H groups in total. The number of rotatable bonds is 6. The van der Waals surface area contributed by atoms with Crippen LogP contribution in [-0.4, -0.2) is 17.1 Å². The van der Waals surface area contributed by atoms with Crippen molar-refractivity contribution in [3.05, 3.63) is 110 Å². The Bertz CT molecular complexity index is 1530. The highest BCUT2D eigenvalue weighted by Crippen LogP contribution is 2.18. The van der Waals surface area contributed by atoms with Gasteiger partial charge >= 0.3 is 0 Å². The summed E-state index contributed by atoms with van der Waals surface area (Å²) in [5.41, 5.74) is 1.40. The maximum Gasteiger partial charge on any atom is 0.273 e. The Balaban J connectivity index is 1.97. The van der Waals surface area contributed by atoms with Crippen LogP contribution in [0.2, 0.25) is 0 Å². The Hall–Kier alpha value is -4.41.